The largest absolute Gasteiger partial charge is 0.484 e. The molecule has 7 nitrogen and oxygen atoms in total. The van der Waals surface area contributed by atoms with Crippen molar-refractivity contribution in [2.75, 3.05) is 0 Å². The fourth-order valence-electron chi connectivity index (χ4n) is 4.12. The lowest BCUT2D eigenvalue weighted by molar-refractivity contribution is -0.142. The number of carboxylic acid groups (broad SMARTS) is 1. The Bertz CT molecular complexity index is 1290. The number of aromatic nitrogens is 2. The van der Waals surface area contributed by atoms with Crippen molar-refractivity contribution in [2.24, 2.45) is 0 Å². The summed E-state index contributed by atoms with van der Waals surface area (Å²) in [5.74, 6) is -1.34. The van der Waals surface area contributed by atoms with E-state index >= 15 is 0 Å². The lowest BCUT2D eigenvalue weighted by Crippen LogP contribution is -2.23. The van der Waals surface area contributed by atoms with Gasteiger partial charge in [-0.05, 0) is 82.5 Å². The van der Waals surface area contributed by atoms with E-state index in [2.05, 4.69) is 5.10 Å². The lowest BCUT2D eigenvalue weighted by Gasteiger charge is -2.26. The van der Waals surface area contributed by atoms with Crippen LogP contribution >= 0.6 is 0 Å². The lowest BCUT2D eigenvalue weighted by atomic mass is 9.92. The molecule has 1 aliphatic carbocycles. The molecular weight excluding hydrogens is 477 g/mol. The molecule has 36 heavy (non-hydrogen) atoms. The monoisotopic (exact) mass is 502 g/mol. The summed E-state index contributed by atoms with van der Waals surface area (Å²) >= 11 is 0. The highest BCUT2D eigenvalue weighted by atomic mass is 19.4. The van der Waals surface area contributed by atoms with Gasteiger partial charge in [-0.2, -0.15) is 18.3 Å². The number of rotatable bonds is 5. The predicted octanol–water partition coefficient (Wildman–Crippen LogP) is 6.00. The van der Waals surface area contributed by atoms with Crippen molar-refractivity contribution in [1.82, 2.24) is 9.78 Å². The number of carboxylic acids is 1. The van der Waals surface area contributed by atoms with Gasteiger partial charge in [0, 0.05) is 5.56 Å². The average molecular weight is 502 g/mol. The molecule has 1 heterocycles. The number of aromatic carboxylic acids is 1. The van der Waals surface area contributed by atoms with Crippen LogP contribution in [0.3, 0.4) is 0 Å². The van der Waals surface area contributed by atoms with Crippen LogP contribution in [0, 0.1) is 0 Å². The van der Waals surface area contributed by atoms with Gasteiger partial charge in [0.2, 0.25) is 0 Å². The van der Waals surface area contributed by atoms with Gasteiger partial charge in [-0.3, -0.25) is 0 Å². The highest BCUT2D eigenvalue weighted by molar-refractivity contribution is 5.90. The zero-order valence-corrected chi connectivity index (χ0v) is 19.9. The summed E-state index contributed by atoms with van der Waals surface area (Å²) in [5, 5.41) is 13.2. The standard InChI is InChI=1S/C26H25F3N2O5/c1-25(2,3)36-24(34)15-10-12-18(13-11-15)35-20-9-5-8-19-21(20)31(30-22(19)26(27,28)29)17-7-4-6-16(14-17)23(32)33/h4,6-7,10-14,20H,5,8-9H2,1-3H3,(H,32,33). The molecule has 4 rings (SSSR count). The maximum Gasteiger partial charge on any atom is 0.435 e. The van der Waals surface area contributed by atoms with Crippen molar-refractivity contribution < 1.29 is 37.3 Å². The molecule has 0 fully saturated rings. The van der Waals surface area contributed by atoms with Crippen LogP contribution in [0.1, 0.15) is 77.4 Å². The molecule has 190 valence electrons. The Hall–Kier alpha value is -3.82. The Kier molecular flexibility index (Phi) is 6.55. The van der Waals surface area contributed by atoms with Crippen molar-refractivity contribution in [1.29, 1.82) is 0 Å². The minimum Gasteiger partial charge on any atom is -0.484 e. The fraction of sp³-hybridized carbons (Fsp3) is 0.346. The molecule has 1 unspecified atom stereocenters. The van der Waals surface area contributed by atoms with Crippen LogP contribution in [0.4, 0.5) is 13.2 Å². The zero-order valence-electron chi connectivity index (χ0n) is 19.9. The SMILES string of the molecule is CC(C)(C)OC(=O)c1ccc(OC2CCCc3c(C(F)(F)F)nn(-c4cccc(C(=O)O)c4)c32)cc1. The van der Waals surface area contributed by atoms with E-state index in [0.29, 0.717) is 24.2 Å². The van der Waals surface area contributed by atoms with Crippen molar-refractivity contribution in [3.63, 3.8) is 0 Å². The third kappa shape index (κ3) is 5.37. The number of carbonyl (C=O) groups is 2. The van der Waals surface area contributed by atoms with Crippen LogP contribution in [0.5, 0.6) is 5.75 Å². The number of carbonyl (C=O) groups excluding carboxylic acids is 1. The van der Waals surface area contributed by atoms with E-state index in [1.54, 1.807) is 32.9 Å². The minimum absolute atomic E-state index is 0.0323. The molecule has 1 atom stereocenters. The van der Waals surface area contributed by atoms with Crippen LogP contribution < -0.4 is 4.74 Å². The van der Waals surface area contributed by atoms with E-state index < -0.39 is 35.5 Å². The van der Waals surface area contributed by atoms with Crippen molar-refractivity contribution >= 4 is 11.9 Å². The summed E-state index contributed by atoms with van der Waals surface area (Å²) in [5.41, 5.74) is -0.966. The summed E-state index contributed by atoms with van der Waals surface area (Å²) in [7, 11) is 0. The van der Waals surface area contributed by atoms with E-state index in [1.807, 2.05) is 0 Å². The van der Waals surface area contributed by atoms with Crippen molar-refractivity contribution in [3.8, 4) is 11.4 Å². The van der Waals surface area contributed by atoms with Gasteiger partial charge >= 0.3 is 18.1 Å². The molecule has 0 saturated carbocycles. The number of esters is 1. The molecule has 0 saturated heterocycles. The summed E-state index contributed by atoms with van der Waals surface area (Å²) < 4.78 is 54.1. The number of hydrogen-bond donors (Lipinski definition) is 1. The first kappa shape index (κ1) is 25.3. The van der Waals surface area contributed by atoms with Crippen LogP contribution in [-0.4, -0.2) is 32.4 Å². The van der Waals surface area contributed by atoms with E-state index in [0.717, 1.165) is 4.68 Å². The summed E-state index contributed by atoms with van der Waals surface area (Å²) in [6, 6.07) is 11.8. The third-order valence-electron chi connectivity index (χ3n) is 5.59. The molecular formula is C26H25F3N2O5. The molecule has 2 aromatic carbocycles. The number of nitrogens with zero attached hydrogens (tertiary/aromatic N) is 2. The Balaban J connectivity index is 1.70. The molecule has 1 aromatic heterocycles. The van der Waals surface area contributed by atoms with Crippen LogP contribution in [0.15, 0.2) is 48.5 Å². The maximum atomic E-state index is 13.8. The molecule has 3 aromatic rings. The molecule has 10 heteroatoms. The van der Waals surface area contributed by atoms with E-state index in [1.165, 1.54) is 36.4 Å². The third-order valence-corrected chi connectivity index (χ3v) is 5.59. The number of benzene rings is 2. The number of hydrogen-bond acceptors (Lipinski definition) is 5. The van der Waals surface area contributed by atoms with Crippen molar-refractivity contribution in [3.05, 3.63) is 76.6 Å². The second-order valence-electron chi connectivity index (χ2n) is 9.50. The molecule has 1 aliphatic rings. The second-order valence-corrected chi connectivity index (χ2v) is 9.50. The molecule has 0 aliphatic heterocycles. The van der Waals surface area contributed by atoms with Gasteiger partial charge in [-0.15, -0.1) is 0 Å². The van der Waals surface area contributed by atoms with Crippen LogP contribution in [-0.2, 0) is 17.3 Å². The average Bonchev–Trinajstić information content (AvgIpc) is 3.20. The number of ether oxygens (including phenoxy) is 2. The van der Waals surface area contributed by atoms with Gasteiger partial charge in [0.1, 0.15) is 17.5 Å². The smallest absolute Gasteiger partial charge is 0.435 e. The quantitative estimate of drug-likeness (QED) is 0.431. The number of halogens is 3. The molecule has 1 N–H and O–H groups in total. The van der Waals surface area contributed by atoms with Gasteiger partial charge in [0.25, 0.3) is 0 Å². The molecule has 0 bridgehead atoms. The van der Waals surface area contributed by atoms with E-state index in [-0.39, 0.29) is 28.9 Å². The predicted molar refractivity (Wildman–Crippen MR) is 123 cm³/mol. The van der Waals surface area contributed by atoms with Gasteiger partial charge in [0.15, 0.2) is 5.69 Å². The molecule has 0 amide bonds. The second kappa shape index (κ2) is 9.33. The molecule has 0 spiro atoms. The Morgan fingerprint density at radius 1 is 1.06 bits per heavy atom. The van der Waals surface area contributed by atoms with Crippen molar-refractivity contribution in [2.45, 2.75) is 57.9 Å². The Labute approximate surface area is 205 Å². The minimum atomic E-state index is -4.68. The topological polar surface area (TPSA) is 90.7 Å². The molecule has 0 radical (unpaired) electrons. The van der Waals surface area contributed by atoms with Gasteiger partial charge in [-0.25, -0.2) is 14.3 Å². The van der Waals surface area contributed by atoms with Crippen LogP contribution in [0.25, 0.3) is 5.69 Å². The van der Waals surface area contributed by atoms with Gasteiger partial charge in [-0.1, -0.05) is 6.07 Å². The normalized spacial score (nSPS) is 15.8. The fourth-order valence-corrected chi connectivity index (χ4v) is 4.12. The number of fused-ring (bicyclic) bond motifs is 1. The first-order chi connectivity index (χ1) is 16.8. The van der Waals surface area contributed by atoms with Gasteiger partial charge < -0.3 is 14.6 Å². The summed E-state index contributed by atoms with van der Waals surface area (Å²) in [4.78, 5) is 23.7. The van der Waals surface area contributed by atoms with E-state index in [9.17, 15) is 27.9 Å². The first-order valence-corrected chi connectivity index (χ1v) is 11.4. The Morgan fingerprint density at radius 2 is 1.75 bits per heavy atom. The first-order valence-electron chi connectivity index (χ1n) is 11.4. The zero-order chi connectivity index (χ0) is 26.3. The summed E-state index contributed by atoms with van der Waals surface area (Å²) in [6.07, 6.45) is -4.39. The summed E-state index contributed by atoms with van der Waals surface area (Å²) in [6.45, 7) is 5.27. The Morgan fingerprint density at radius 3 is 2.36 bits per heavy atom. The highest BCUT2D eigenvalue weighted by Crippen LogP contribution is 2.42. The number of alkyl halides is 3. The van der Waals surface area contributed by atoms with Crippen LogP contribution in [0.2, 0.25) is 0 Å². The maximum absolute atomic E-state index is 13.8. The highest BCUT2D eigenvalue weighted by Gasteiger charge is 2.42. The van der Waals surface area contributed by atoms with Gasteiger partial charge in [0.05, 0.1) is 22.5 Å². The van der Waals surface area contributed by atoms with E-state index in [4.69, 9.17) is 9.47 Å².